The lowest BCUT2D eigenvalue weighted by atomic mass is 10.1. The molecule has 0 amide bonds. The summed E-state index contributed by atoms with van der Waals surface area (Å²) >= 11 is 0. The van der Waals surface area contributed by atoms with Gasteiger partial charge < -0.3 is 5.32 Å². The first-order chi connectivity index (χ1) is 3.47. The van der Waals surface area contributed by atoms with E-state index >= 15 is 0 Å². The van der Waals surface area contributed by atoms with E-state index in [-0.39, 0.29) is 0 Å². The lowest BCUT2D eigenvalue weighted by Gasteiger charge is -1.94. The highest BCUT2D eigenvalue weighted by atomic mass is 15.1. The summed E-state index contributed by atoms with van der Waals surface area (Å²) in [7, 11) is 0. The van der Waals surface area contributed by atoms with Gasteiger partial charge in [-0.25, -0.2) is 0 Å². The molecular weight excluding hydrogens is 86.1 g/mol. The van der Waals surface area contributed by atoms with Gasteiger partial charge in [-0.05, 0) is 19.3 Å². The van der Waals surface area contributed by atoms with Gasteiger partial charge in [0.15, 0.2) is 0 Å². The summed E-state index contributed by atoms with van der Waals surface area (Å²) in [4.78, 5) is 0. The van der Waals surface area contributed by atoms with E-state index in [1.807, 2.05) is 0 Å². The minimum atomic E-state index is 0.814. The molecule has 0 bridgehead atoms. The van der Waals surface area contributed by atoms with Gasteiger partial charge in [0.1, 0.15) is 0 Å². The number of hydrogen-bond acceptors (Lipinski definition) is 1. The predicted molar refractivity (Wildman–Crippen MR) is 28.9 cm³/mol. The van der Waals surface area contributed by atoms with E-state index in [0.717, 1.165) is 6.04 Å². The Bertz CT molecular complexity index is 115. The van der Waals surface area contributed by atoms with Gasteiger partial charge in [-0.2, -0.15) is 0 Å². The molecule has 0 aromatic rings. The molecule has 38 valence electrons. The third kappa shape index (κ3) is 0.441. The van der Waals surface area contributed by atoms with Crippen molar-refractivity contribution >= 4 is 0 Å². The summed E-state index contributed by atoms with van der Waals surface area (Å²) in [5.74, 6) is 0. The molecule has 1 aliphatic heterocycles. The highest BCUT2D eigenvalue weighted by molar-refractivity contribution is 5.26. The van der Waals surface area contributed by atoms with Crippen LogP contribution in [-0.4, -0.2) is 6.04 Å². The topological polar surface area (TPSA) is 21.9 Å². The summed E-state index contributed by atoms with van der Waals surface area (Å²) in [5.41, 5.74) is 1.51. The molecule has 1 heteroatoms. The number of fused-ring (bicyclic) bond motifs is 1. The molecule has 0 aromatic carbocycles. The summed E-state index contributed by atoms with van der Waals surface area (Å²) in [5, 5.41) is 3.29. The normalized spacial score (nSPS) is 35.4. The molecule has 2 aliphatic rings. The average Bonchev–Trinajstić information content (AvgIpc) is 2.41. The Balaban J connectivity index is 2.19. The molecule has 0 spiro atoms. The van der Waals surface area contributed by atoms with E-state index < -0.39 is 0 Å². The summed E-state index contributed by atoms with van der Waals surface area (Å²) in [6, 6.07) is 0.814. The third-order valence-electron chi connectivity index (χ3n) is 1.69. The zero-order valence-corrected chi connectivity index (χ0v) is 4.28. The van der Waals surface area contributed by atoms with Gasteiger partial charge in [-0.3, -0.25) is 0 Å². The van der Waals surface area contributed by atoms with E-state index in [0.29, 0.717) is 0 Å². The van der Waals surface area contributed by atoms with Crippen molar-refractivity contribution < 1.29 is 0 Å². The smallest absolute Gasteiger partial charge is 0.0654 e. The predicted octanol–water partition coefficient (Wildman–Crippen LogP) is 1.03. The first-order valence-electron chi connectivity index (χ1n) is 2.93. The quantitative estimate of drug-likeness (QED) is 0.446. The molecule has 1 unspecified atom stereocenters. The van der Waals surface area contributed by atoms with Crippen molar-refractivity contribution in [2.24, 2.45) is 0 Å². The van der Waals surface area contributed by atoms with E-state index in [4.69, 9.17) is 0 Å². The van der Waals surface area contributed by atoms with Crippen LogP contribution in [-0.2, 0) is 0 Å². The highest BCUT2D eigenvalue weighted by Gasteiger charge is 2.29. The van der Waals surface area contributed by atoms with E-state index in [9.17, 15) is 0 Å². The van der Waals surface area contributed by atoms with E-state index in [2.05, 4.69) is 11.4 Å². The molecule has 0 aromatic heterocycles. The van der Waals surface area contributed by atoms with Gasteiger partial charge in [-0.15, -0.1) is 0 Å². The summed E-state index contributed by atoms with van der Waals surface area (Å²) in [6.07, 6.45) is 6.39. The Morgan fingerprint density at radius 1 is 1.71 bits per heavy atom. The standard InChI is InChI=1S/C6H9N/c1-2-4-6-5(3-1)7-6/h3,6-7H,1-2,4H2. The van der Waals surface area contributed by atoms with Crippen molar-refractivity contribution in [3.05, 3.63) is 11.8 Å². The maximum absolute atomic E-state index is 3.29. The van der Waals surface area contributed by atoms with Crippen LogP contribution < -0.4 is 5.32 Å². The van der Waals surface area contributed by atoms with Gasteiger partial charge >= 0.3 is 0 Å². The Hall–Kier alpha value is -0.460. The summed E-state index contributed by atoms with van der Waals surface area (Å²) < 4.78 is 0. The molecule has 1 N–H and O–H groups in total. The van der Waals surface area contributed by atoms with Crippen LogP contribution in [0.2, 0.25) is 0 Å². The lowest BCUT2D eigenvalue weighted by molar-refractivity contribution is 0.724. The van der Waals surface area contributed by atoms with Crippen molar-refractivity contribution in [3.63, 3.8) is 0 Å². The number of nitrogens with one attached hydrogen (secondary N) is 1. The van der Waals surface area contributed by atoms with Gasteiger partial charge in [0, 0.05) is 5.70 Å². The maximum atomic E-state index is 3.29. The number of hydrogen-bond donors (Lipinski definition) is 1. The molecule has 2 rings (SSSR count). The zero-order chi connectivity index (χ0) is 4.69. The lowest BCUT2D eigenvalue weighted by Crippen LogP contribution is -1.90. The molecular formula is C6H9N. The van der Waals surface area contributed by atoms with Crippen LogP contribution in [0, 0.1) is 0 Å². The molecule has 1 heterocycles. The Labute approximate surface area is 43.4 Å². The second-order valence-electron chi connectivity index (χ2n) is 2.29. The molecule has 0 saturated carbocycles. The van der Waals surface area contributed by atoms with Crippen molar-refractivity contribution in [2.75, 3.05) is 0 Å². The van der Waals surface area contributed by atoms with Crippen LogP contribution in [0.5, 0.6) is 0 Å². The van der Waals surface area contributed by atoms with Crippen LogP contribution in [0.25, 0.3) is 0 Å². The minimum absolute atomic E-state index is 0.814. The first-order valence-corrected chi connectivity index (χ1v) is 2.93. The van der Waals surface area contributed by atoms with Gasteiger partial charge in [0.25, 0.3) is 0 Å². The van der Waals surface area contributed by atoms with Gasteiger partial charge in [0.2, 0.25) is 0 Å². The van der Waals surface area contributed by atoms with Crippen LogP contribution >= 0.6 is 0 Å². The SMILES string of the molecule is C1=C2NC2CCC1. The van der Waals surface area contributed by atoms with Gasteiger partial charge in [0.05, 0.1) is 6.04 Å². The molecule has 1 nitrogen and oxygen atoms in total. The number of rotatable bonds is 0. The van der Waals surface area contributed by atoms with Crippen molar-refractivity contribution in [2.45, 2.75) is 25.3 Å². The fourth-order valence-electron chi connectivity index (χ4n) is 1.17. The fraction of sp³-hybridized carbons (Fsp3) is 0.667. The Morgan fingerprint density at radius 2 is 2.71 bits per heavy atom. The molecule has 1 saturated heterocycles. The Morgan fingerprint density at radius 3 is 3.29 bits per heavy atom. The highest BCUT2D eigenvalue weighted by Crippen LogP contribution is 2.26. The van der Waals surface area contributed by atoms with Crippen LogP contribution in [0.4, 0.5) is 0 Å². The van der Waals surface area contributed by atoms with E-state index in [1.165, 1.54) is 25.0 Å². The average molecular weight is 95.1 g/mol. The third-order valence-corrected chi connectivity index (χ3v) is 1.69. The molecule has 1 atom stereocenters. The van der Waals surface area contributed by atoms with Gasteiger partial charge in [-0.1, -0.05) is 6.08 Å². The monoisotopic (exact) mass is 95.1 g/mol. The summed E-state index contributed by atoms with van der Waals surface area (Å²) in [6.45, 7) is 0. The molecule has 1 fully saturated rings. The maximum Gasteiger partial charge on any atom is 0.0654 e. The van der Waals surface area contributed by atoms with Crippen molar-refractivity contribution in [3.8, 4) is 0 Å². The fourth-order valence-corrected chi connectivity index (χ4v) is 1.17. The first kappa shape index (κ1) is 3.53. The van der Waals surface area contributed by atoms with Crippen molar-refractivity contribution in [1.82, 2.24) is 5.32 Å². The van der Waals surface area contributed by atoms with Crippen molar-refractivity contribution in [1.29, 1.82) is 0 Å². The largest absolute Gasteiger partial charge is 0.379 e. The second kappa shape index (κ2) is 1.03. The van der Waals surface area contributed by atoms with E-state index in [1.54, 1.807) is 0 Å². The zero-order valence-electron chi connectivity index (χ0n) is 4.28. The molecule has 7 heavy (non-hydrogen) atoms. The van der Waals surface area contributed by atoms with Crippen LogP contribution in [0.1, 0.15) is 19.3 Å². The van der Waals surface area contributed by atoms with Crippen LogP contribution in [0.3, 0.4) is 0 Å². The van der Waals surface area contributed by atoms with Crippen LogP contribution in [0.15, 0.2) is 11.8 Å². The number of allylic oxidation sites excluding steroid dienone is 1. The minimum Gasteiger partial charge on any atom is -0.379 e. The molecule has 1 aliphatic carbocycles. The Kier molecular flexibility index (Phi) is 0.518. The second-order valence-corrected chi connectivity index (χ2v) is 2.29. The molecule has 0 radical (unpaired) electrons.